The van der Waals surface area contributed by atoms with E-state index < -0.39 is 23.6 Å². The third-order valence-corrected chi connectivity index (χ3v) is 3.21. The Hall–Kier alpha value is -1.02. The average molecular weight is 286 g/mol. The second kappa shape index (κ2) is 6.65. The fraction of sp³-hybridized carbons (Fsp3) is 0.286. The molecule has 0 N–H and O–H groups in total. The van der Waals surface area contributed by atoms with Gasteiger partial charge in [-0.05, 0) is 0 Å². The van der Waals surface area contributed by atoms with Crippen LogP contribution in [0.1, 0.15) is 0 Å². The molecule has 0 saturated heterocycles. The van der Waals surface area contributed by atoms with E-state index in [0.29, 0.717) is 0 Å². The van der Waals surface area contributed by atoms with Gasteiger partial charge in [-0.25, -0.2) is 0 Å². The van der Waals surface area contributed by atoms with Gasteiger partial charge in [0.1, 0.15) is 0 Å². The van der Waals surface area contributed by atoms with Gasteiger partial charge in [0.25, 0.3) is 0 Å². The van der Waals surface area contributed by atoms with Gasteiger partial charge < -0.3 is 14.2 Å². The summed E-state index contributed by atoms with van der Waals surface area (Å²) in [5.74, 6) is 0. The predicted octanol–water partition coefficient (Wildman–Crippen LogP) is 0.515. The van der Waals surface area contributed by atoms with Crippen LogP contribution in [0.3, 0.4) is 0 Å². The van der Waals surface area contributed by atoms with E-state index in [4.69, 9.17) is 0 Å². The van der Waals surface area contributed by atoms with Crippen molar-refractivity contribution in [2.75, 3.05) is 13.2 Å². The molecular weight excluding hydrogens is 276 g/mol. The molecule has 0 unspecified atom stereocenters. The summed E-state index contributed by atoms with van der Waals surface area (Å²) >= 11 is 0. The van der Waals surface area contributed by atoms with E-state index in [-0.39, 0.29) is 13.2 Å². The van der Waals surface area contributed by atoms with Gasteiger partial charge in [-0.1, -0.05) is 16.0 Å². The lowest BCUT2D eigenvalue weighted by atomic mass is 10.7. The highest BCUT2D eigenvalue weighted by molar-refractivity contribution is 7.86. The van der Waals surface area contributed by atoms with E-state index in [1.807, 2.05) is 0 Å². The maximum Gasteiger partial charge on any atom is 0.417 e. The fourth-order valence-electron chi connectivity index (χ4n) is 0.593. The lowest BCUT2D eigenvalue weighted by Crippen LogP contribution is -2.22. The molecular formula is C7H10FNO6PS-. The minimum absolute atomic E-state index is 0.359. The SMILES string of the molecule is C=CCOP(=O)(OCC=C)/C([O-])=N/S(=O)(=O)F. The van der Waals surface area contributed by atoms with Crippen LogP contribution in [0.15, 0.2) is 29.7 Å². The number of halogens is 1. The Morgan fingerprint density at radius 1 is 1.35 bits per heavy atom. The zero-order chi connectivity index (χ0) is 13.5. The van der Waals surface area contributed by atoms with Crippen molar-refractivity contribution in [3.05, 3.63) is 25.3 Å². The molecule has 0 bridgehead atoms. The van der Waals surface area contributed by atoms with Crippen LogP contribution in [0.25, 0.3) is 0 Å². The van der Waals surface area contributed by atoms with Crippen molar-refractivity contribution < 1.29 is 31.0 Å². The van der Waals surface area contributed by atoms with Crippen molar-refractivity contribution in [3.8, 4) is 0 Å². The molecule has 0 aromatic carbocycles. The Labute approximate surface area is 98.2 Å². The summed E-state index contributed by atoms with van der Waals surface area (Å²) in [6, 6.07) is 0. The molecule has 7 nitrogen and oxygen atoms in total. The first-order chi connectivity index (χ1) is 7.75. The molecule has 17 heavy (non-hydrogen) atoms. The maximum atomic E-state index is 12.1. The zero-order valence-electron chi connectivity index (χ0n) is 8.61. The quantitative estimate of drug-likeness (QED) is 0.212. The summed E-state index contributed by atoms with van der Waals surface area (Å²) < 4.78 is 55.1. The van der Waals surface area contributed by atoms with Crippen LogP contribution < -0.4 is 5.11 Å². The number of hydrogen-bond donors (Lipinski definition) is 0. The van der Waals surface area contributed by atoms with Crippen LogP contribution in [-0.2, 0) is 24.0 Å². The van der Waals surface area contributed by atoms with Crippen LogP contribution in [0, 0.1) is 0 Å². The maximum absolute atomic E-state index is 12.1. The monoisotopic (exact) mass is 286 g/mol. The summed E-state index contributed by atoms with van der Waals surface area (Å²) in [7, 11) is -9.97. The number of rotatable bonds is 8. The number of hydrogen-bond acceptors (Lipinski definition) is 6. The highest BCUT2D eigenvalue weighted by Gasteiger charge is 2.26. The van der Waals surface area contributed by atoms with Gasteiger partial charge in [-0.15, -0.1) is 17.6 Å². The van der Waals surface area contributed by atoms with Gasteiger partial charge in [0.15, 0.2) is 0 Å². The average Bonchev–Trinajstić information content (AvgIpc) is 2.21. The molecule has 0 aliphatic carbocycles. The van der Waals surface area contributed by atoms with Crippen LogP contribution in [0.5, 0.6) is 0 Å². The van der Waals surface area contributed by atoms with E-state index in [9.17, 15) is 22.0 Å². The summed E-state index contributed by atoms with van der Waals surface area (Å²) in [6.07, 6.45) is 2.28. The van der Waals surface area contributed by atoms with Crippen LogP contribution in [0.4, 0.5) is 3.89 Å². The van der Waals surface area contributed by atoms with Gasteiger partial charge in [-0.3, -0.25) is 4.57 Å². The molecule has 0 atom stereocenters. The minimum atomic E-state index is -5.46. The van der Waals surface area contributed by atoms with Crippen LogP contribution >= 0.6 is 7.60 Å². The Bertz CT molecular complexity index is 443. The molecule has 0 aliphatic heterocycles. The summed E-state index contributed by atoms with van der Waals surface area (Å²) in [5, 5.41) is 11.1. The van der Waals surface area contributed by atoms with Crippen molar-refractivity contribution in [2.24, 2.45) is 4.40 Å². The fourth-order valence-corrected chi connectivity index (χ4v) is 2.37. The normalized spacial score (nSPS) is 13.4. The molecule has 0 heterocycles. The van der Waals surface area contributed by atoms with E-state index in [0.717, 1.165) is 12.2 Å². The largest absolute Gasteiger partial charge is 0.852 e. The predicted molar refractivity (Wildman–Crippen MR) is 57.4 cm³/mol. The van der Waals surface area contributed by atoms with Gasteiger partial charge in [0.2, 0.25) is 0 Å². The van der Waals surface area contributed by atoms with Crippen molar-refractivity contribution in [1.82, 2.24) is 0 Å². The third-order valence-electron chi connectivity index (χ3n) is 1.15. The smallest absolute Gasteiger partial charge is 0.417 e. The highest BCUT2D eigenvalue weighted by Crippen LogP contribution is 2.48. The van der Waals surface area contributed by atoms with Crippen LogP contribution in [-0.4, -0.2) is 27.3 Å². The molecule has 0 spiro atoms. The molecule has 98 valence electrons. The molecule has 0 rings (SSSR count). The molecule has 0 fully saturated rings. The van der Waals surface area contributed by atoms with Crippen molar-refractivity contribution in [3.63, 3.8) is 0 Å². The molecule has 0 amide bonds. The minimum Gasteiger partial charge on any atom is -0.852 e. The Morgan fingerprint density at radius 3 is 2.06 bits per heavy atom. The molecule has 0 saturated carbocycles. The lowest BCUT2D eigenvalue weighted by molar-refractivity contribution is -0.209. The summed E-state index contributed by atoms with van der Waals surface area (Å²) in [4.78, 5) is 0. The van der Waals surface area contributed by atoms with Crippen molar-refractivity contribution >= 4 is 23.6 Å². The van der Waals surface area contributed by atoms with E-state index >= 15 is 0 Å². The standard InChI is InChI=1S/C7H11FNO6PS/c1-3-5-14-16(11,15-6-4-2)7(10)9-17(8,12)13/h3-4H,1-2,5-6H2,(H,9,10)/p-1. The first-order valence-corrected chi connectivity index (χ1v) is 6.96. The molecule has 0 aliphatic rings. The number of nitrogens with zero attached hydrogens (tertiary/aromatic N) is 1. The lowest BCUT2D eigenvalue weighted by Gasteiger charge is -2.20. The summed E-state index contributed by atoms with van der Waals surface area (Å²) in [5.41, 5.74) is -1.84. The highest BCUT2D eigenvalue weighted by atomic mass is 32.3. The third kappa shape index (κ3) is 6.32. The summed E-state index contributed by atoms with van der Waals surface area (Å²) in [6.45, 7) is 5.73. The molecule has 10 heteroatoms. The van der Waals surface area contributed by atoms with Gasteiger partial charge in [0.05, 0.1) is 18.9 Å². The van der Waals surface area contributed by atoms with E-state index in [2.05, 4.69) is 26.6 Å². The van der Waals surface area contributed by atoms with E-state index in [1.165, 1.54) is 0 Å². The zero-order valence-corrected chi connectivity index (χ0v) is 10.3. The van der Waals surface area contributed by atoms with Gasteiger partial charge in [0, 0.05) is 0 Å². The van der Waals surface area contributed by atoms with Gasteiger partial charge in [-0.2, -0.15) is 8.42 Å². The Balaban J connectivity index is 5.16. The molecule has 0 aromatic rings. The first-order valence-electron chi connectivity index (χ1n) is 4.08. The molecule has 0 aromatic heterocycles. The second-order valence-corrected chi connectivity index (χ2v) is 5.35. The second-order valence-electron chi connectivity index (χ2n) is 2.45. The van der Waals surface area contributed by atoms with Gasteiger partial charge >= 0.3 is 18.0 Å². The first kappa shape index (κ1) is 16.0. The molecule has 0 radical (unpaired) electrons. The van der Waals surface area contributed by atoms with Crippen LogP contribution in [0.2, 0.25) is 0 Å². The Morgan fingerprint density at radius 2 is 1.76 bits per heavy atom. The topological polar surface area (TPSA) is 105 Å². The van der Waals surface area contributed by atoms with Crippen molar-refractivity contribution in [2.45, 2.75) is 0 Å². The van der Waals surface area contributed by atoms with E-state index in [1.54, 1.807) is 0 Å². The van der Waals surface area contributed by atoms with Crippen molar-refractivity contribution in [1.29, 1.82) is 0 Å². The Kier molecular flexibility index (Phi) is 6.25.